The average molecular weight is 525 g/mol. The highest BCUT2D eigenvalue weighted by Crippen LogP contribution is 2.57. The van der Waals surface area contributed by atoms with Crippen molar-refractivity contribution in [3.63, 3.8) is 0 Å². The maximum Gasteiger partial charge on any atom is 0.163 e. The SMILES string of the molecule is Oc1ccccc1-c1c(OCl)c(-c2ccccc2)c(-c2ccccc2)c(-c2ccccc2)c1-c1ccccc1. The molecule has 0 aliphatic rings. The number of aromatic hydroxyl groups is 1. The van der Waals surface area contributed by atoms with Crippen LogP contribution < -0.4 is 4.29 Å². The number of benzene rings is 6. The minimum Gasteiger partial charge on any atom is -0.507 e. The first kappa shape index (κ1) is 24.5. The molecule has 6 aromatic rings. The van der Waals surface area contributed by atoms with Crippen molar-refractivity contribution in [2.75, 3.05) is 0 Å². The van der Waals surface area contributed by atoms with Crippen LogP contribution in [0.2, 0.25) is 0 Å². The summed E-state index contributed by atoms with van der Waals surface area (Å²) in [6, 6.07) is 48.4. The van der Waals surface area contributed by atoms with E-state index in [4.69, 9.17) is 16.2 Å². The van der Waals surface area contributed by atoms with Gasteiger partial charge in [0.25, 0.3) is 0 Å². The molecule has 3 heteroatoms. The van der Waals surface area contributed by atoms with Gasteiger partial charge in [0.15, 0.2) is 5.75 Å². The van der Waals surface area contributed by atoms with E-state index in [1.54, 1.807) is 6.07 Å². The van der Waals surface area contributed by atoms with E-state index in [0.29, 0.717) is 11.3 Å². The number of rotatable bonds is 6. The van der Waals surface area contributed by atoms with Gasteiger partial charge in [-0.1, -0.05) is 140 Å². The monoisotopic (exact) mass is 524 g/mol. The Kier molecular flexibility index (Phi) is 6.86. The van der Waals surface area contributed by atoms with Gasteiger partial charge in [-0.15, -0.1) is 0 Å². The molecule has 0 saturated heterocycles. The van der Waals surface area contributed by atoms with Crippen LogP contribution in [0.15, 0.2) is 146 Å². The van der Waals surface area contributed by atoms with Crippen molar-refractivity contribution in [3.05, 3.63) is 146 Å². The van der Waals surface area contributed by atoms with E-state index >= 15 is 0 Å². The molecule has 0 aliphatic carbocycles. The summed E-state index contributed by atoms with van der Waals surface area (Å²) in [5, 5.41) is 11.2. The van der Waals surface area contributed by atoms with Gasteiger partial charge in [0.1, 0.15) is 17.6 Å². The standard InChI is InChI=1S/C36H25ClO2/c37-39-36-34(28-21-11-4-12-22-28)32(26-17-7-2-8-18-26)31(25-15-5-1-6-16-25)33(27-19-9-3-10-20-27)35(36)29-23-13-14-24-30(29)38/h1-24,38H. The first-order valence-electron chi connectivity index (χ1n) is 12.8. The zero-order valence-corrected chi connectivity index (χ0v) is 21.8. The lowest BCUT2D eigenvalue weighted by molar-refractivity contribution is 0.477. The number of para-hydroxylation sites is 1. The van der Waals surface area contributed by atoms with Gasteiger partial charge < -0.3 is 9.40 Å². The fourth-order valence-electron chi connectivity index (χ4n) is 5.31. The van der Waals surface area contributed by atoms with Crippen LogP contribution in [0.3, 0.4) is 0 Å². The van der Waals surface area contributed by atoms with Crippen molar-refractivity contribution in [2.24, 2.45) is 0 Å². The molecule has 1 N–H and O–H groups in total. The van der Waals surface area contributed by atoms with E-state index in [0.717, 1.165) is 50.1 Å². The number of hydrogen-bond acceptors (Lipinski definition) is 2. The average Bonchev–Trinajstić information content (AvgIpc) is 3.01. The largest absolute Gasteiger partial charge is 0.507 e. The minimum absolute atomic E-state index is 0.148. The van der Waals surface area contributed by atoms with E-state index < -0.39 is 0 Å². The Morgan fingerprint density at radius 3 is 1.13 bits per heavy atom. The summed E-state index contributed by atoms with van der Waals surface area (Å²) in [4.78, 5) is 0. The molecule has 0 fully saturated rings. The van der Waals surface area contributed by atoms with Crippen LogP contribution in [-0.4, -0.2) is 5.11 Å². The summed E-state index contributed by atoms with van der Waals surface area (Å²) < 4.78 is 5.82. The lowest BCUT2D eigenvalue weighted by atomic mass is 9.78. The molecule has 39 heavy (non-hydrogen) atoms. The summed E-state index contributed by atoms with van der Waals surface area (Å²) >= 11 is 6.42. The Morgan fingerprint density at radius 2 is 0.718 bits per heavy atom. The molecule has 188 valence electrons. The predicted molar refractivity (Wildman–Crippen MR) is 162 cm³/mol. The van der Waals surface area contributed by atoms with Gasteiger partial charge in [-0.3, -0.25) is 0 Å². The maximum atomic E-state index is 11.2. The third-order valence-electron chi connectivity index (χ3n) is 6.95. The van der Waals surface area contributed by atoms with Crippen LogP contribution in [-0.2, 0) is 0 Å². The summed E-state index contributed by atoms with van der Waals surface area (Å²) in [6.07, 6.45) is 0. The number of phenolic OH excluding ortho intramolecular Hbond substituents is 1. The van der Waals surface area contributed by atoms with Crippen LogP contribution in [0.5, 0.6) is 11.5 Å². The summed E-state index contributed by atoms with van der Waals surface area (Å²) in [7, 11) is 0. The topological polar surface area (TPSA) is 29.5 Å². The van der Waals surface area contributed by atoms with Crippen LogP contribution in [0, 0.1) is 0 Å². The third kappa shape index (κ3) is 4.56. The summed E-state index contributed by atoms with van der Waals surface area (Å²) in [6.45, 7) is 0. The Morgan fingerprint density at radius 1 is 0.385 bits per heavy atom. The van der Waals surface area contributed by atoms with Crippen LogP contribution in [0.4, 0.5) is 0 Å². The Bertz CT molecular complexity index is 1720. The highest BCUT2D eigenvalue weighted by atomic mass is 35.5. The van der Waals surface area contributed by atoms with E-state index in [1.165, 1.54) is 0 Å². The smallest absolute Gasteiger partial charge is 0.163 e. The first-order valence-corrected chi connectivity index (χ1v) is 13.1. The lowest BCUT2D eigenvalue weighted by Gasteiger charge is -2.26. The molecule has 2 nitrogen and oxygen atoms in total. The van der Waals surface area contributed by atoms with Crippen molar-refractivity contribution in [2.45, 2.75) is 0 Å². The van der Waals surface area contributed by atoms with E-state index in [9.17, 15) is 5.11 Å². The van der Waals surface area contributed by atoms with Crippen molar-refractivity contribution < 1.29 is 9.40 Å². The molecular formula is C36H25ClO2. The van der Waals surface area contributed by atoms with Gasteiger partial charge in [-0.05, 0) is 33.9 Å². The molecule has 0 unspecified atom stereocenters. The number of hydrogen-bond donors (Lipinski definition) is 1. The second-order valence-electron chi connectivity index (χ2n) is 9.26. The van der Waals surface area contributed by atoms with Gasteiger partial charge in [-0.2, -0.15) is 0 Å². The molecule has 0 aromatic heterocycles. The minimum atomic E-state index is 0.148. The first-order chi connectivity index (χ1) is 19.3. The molecular weight excluding hydrogens is 500 g/mol. The zero-order valence-electron chi connectivity index (χ0n) is 21.1. The van der Waals surface area contributed by atoms with Gasteiger partial charge in [0.2, 0.25) is 0 Å². The molecule has 0 spiro atoms. The van der Waals surface area contributed by atoms with Gasteiger partial charge in [0.05, 0.1) is 0 Å². The molecule has 0 bridgehead atoms. The van der Waals surface area contributed by atoms with Crippen LogP contribution >= 0.6 is 11.9 Å². The Balaban J connectivity index is 1.93. The van der Waals surface area contributed by atoms with Crippen LogP contribution in [0.1, 0.15) is 0 Å². The second kappa shape index (κ2) is 10.9. The lowest BCUT2D eigenvalue weighted by Crippen LogP contribution is -2.01. The Labute approximate surface area is 233 Å². The molecule has 0 radical (unpaired) electrons. The maximum absolute atomic E-state index is 11.2. The normalized spacial score (nSPS) is 10.8. The number of halogens is 1. The predicted octanol–water partition coefficient (Wildman–Crippen LogP) is 10.3. The van der Waals surface area contributed by atoms with Crippen molar-refractivity contribution >= 4 is 11.9 Å². The molecule has 0 atom stereocenters. The van der Waals surface area contributed by atoms with Gasteiger partial charge in [0, 0.05) is 27.8 Å². The molecule has 0 heterocycles. The van der Waals surface area contributed by atoms with E-state index in [2.05, 4.69) is 48.5 Å². The highest BCUT2D eigenvalue weighted by molar-refractivity contribution is 6.15. The quantitative estimate of drug-likeness (QED) is 0.235. The van der Waals surface area contributed by atoms with Gasteiger partial charge in [-0.25, -0.2) is 0 Å². The summed E-state index contributed by atoms with van der Waals surface area (Å²) in [5.74, 6) is 0.636. The van der Waals surface area contributed by atoms with E-state index in [-0.39, 0.29) is 5.75 Å². The number of phenols is 1. The van der Waals surface area contributed by atoms with E-state index in [1.807, 2.05) is 91.0 Å². The molecule has 0 amide bonds. The highest BCUT2D eigenvalue weighted by Gasteiger charge is 2.30. The zero-order chi connectivity index (χ0) is 26.6. The van der Waals surface area contributed by atoms with Crippen molar-refractivity contribution in [3.8, 4) is 67.1 Å². The van der Waals surface area contributed by atoms with Crippen molar-refractivity contribution in [1.82, 2.24) is 0 Å². The molecule has 6 aromatic carbocycles. The summed E-state index contributed by atoms with van der Waals surface area (Å²) in [5.41, 5.74) is 9.21. The van der Waals surface area contributed by atoms with Gasteiger partial charge >= 0.3 is 0 Å². The third-order valence-corrected chi connectivity index (χ3v) is 7.11. The molecule has 0 saturated carbocycles. The Hall–Kier alpha value is -4.79. The fourth-order valence-corrected chi connectivity index (χ4v) is 5.46. The van der Waals surface area contributed by atoms with Crippen molar-refractivity contribution in [1.29, 1.82) is 0 Å². The molecule has 0 aliphatic heterocycles. The fraction of sp³-hybridized carbons (Fsp3) is 0. The second-order valence-corrected chi connectivity index (χ2v) is 9.42. The molecule has 6 rings (SSSR count). The van der Waals surface area contributed by atoms with Crippen LogP contribution in [0.25, 0.3) is 55.6 Å².